The van der Waals surface area contributed by atoms with Crippen molar-refractivity contribution in [1.82, 2.24) is 0 Å². The first-order valence-corrected chi connectivity index (χ1v) is 6.54. The van der Waals surface area contributed by atoms with E-state index in [4.69, 9.17) is 21.1 Å². The second-order valence-electron chi connectivity index (χ2n) is 4.75. The van der Waals surface area contributed by atoms with E-state index in [1.165, 1.54) is 7.11 Å². The fraction of sp³-hybridized carbons (Fsp3) is 0.429. The van der Waals surface area contributed by atoms with Crippen molar-refractivity contribution in [2.24, 2.45) is 5.41 Å². The molecular weight excluding hydrogens is 284 g/mol. The monoisotopic (exact) mass is 298 g/mol. The van der Waals surface area contributed by atoms with Crippen molar-refractivity contribution in [2.75, 3.05) is 20.3 Å². The van der Waals surface area contributed by atoms with Gasteiger partial charge in [0, 0.05) is 17.9 Å². The summed E-state index contributed by atoms with van der Waals surface area (Å²) in [6.07, 6.45) is 0.111. The normalized spacial score (nSPS) is 22.6. The van der Waals surface area contributed by atoms with Gasteiger partial charge in [0.1, 0.15) is 5.75 Å². The maximum atomic E-state index is 12.1. The summed E-state index contributed by atoms with van der Waals surface area (Å²) in [6.45, 7) is 0.136. The van der Waals surface area contributed by atoms with Crippen molar-refractivity contribution in [3.63, 3.8) is 0 Å². The number of carbonyl (C=O) groups is 2. The molecule has 0 bridgehead atoms. The van der Waals surface area contributed by atoms with Crippen LogP contribution >= 0.6 is 11.6 Å². The second kappa shape index (κ2) is 5.81. The van der Waals surface area contributed by atoms with E-state index in [0.717, 1.165) is 0 Å². The number of rotatable bonds is 4. The predicted molar refractivity (Wildman–Crippen MR) is 72.2 cm³/mol. The lowest BCUT2D eigenvalue weighted by molar-refractivity contribution is -0.164. The molecule has 0 spiro atoms. The number of benzene rings is 1. The lowest BCUT2D eigenvalue weighted by Gasteiger charge is -2.32. The Kier molecular flexibility index (Phi) is 4.30. The number of carbonyl (C=O) groups excluding carboxylic acids is 1. The zero-order chi connectivity index (χ0) is 14.8. The molecule has 0 aliphatic carbocycles. The molecule has 1 aromatic carbocycles. The van der Waals surface area contributed by atoms with Crippen LogP contribution < -0.4 is 4.74 Å². The van der Waals surface area contributed by atoms with Gasteiger partial charge in [-0.3, -0.25) is 9.59 Å². The molecule has 1 N–H and O–H groups in total. The maximum absolute atomic E-state index is 12.1. The average Bonchev–Trinajstić information content (AvgIpc) is 2.41. The minimum Gasteiger partial charge on any atom is -0.496 e. The molecule has 1 atom stereocenters. The number of methoxy groups -OCH3 is 1. The Hall–Kier alpha value is -1.59. The Labute approximate surface area is 121 Å². The van der Waals surface area contributed by atoms with Crippen molar-refractivity contribution in [3.8, 4) is 5.75 Å². The molecule has 1 aromatic rings. The van der Waals surface area contributed by atoms with Crippen LogP contribution in [0.2, 0.25) is 5.02 Å². The van der Waals surface area contributed by atoms with Crippen molar-refractivity contribution in [2.45, 2.75) is 12.8 Å². The number of hydrogen-bond donors (Lipinski definition) is 1. The average molecular weight is 299 g/mol. The number of halogens is 1. The molecule has 20 heavy (non-hydrogen) atoms. The molecule has 0 amide bonds. The van der Waals surface area contributed by atoms with Gasteiger partial charge < -0.3 is 14.6 Å². The first kappa shape index (κ1) is 14.8. The summed E-state index contributed by atoms with van der Waals surface area (Å²) >= 11 is 5.93. The molecule has 2 rings (SSSR count). The molecule has 1 heterocycles. The first-order chi connectivity index (χ1) is 9.49. The largest absolute Gasteiger partial charge is 0.496 e. The number of hydrogen-bond acceptors (Lipinski definition) is 4. The van der Waals surface area contributed by atoms with Gasteiger partial charge >= 0.3 is 5.97 Å². The van der Waals surface area contributed by atoms with Crippen molar-refractivity contribution < 1.29 is 24.2 Å². The fourth-order valence-corrected chi connectivity index (χ4v) is 2.54. The van der Waals surface area contributed by atoms with Crippen LogP contribution in [-0.2, 0) is 20.7 Å². The zero-order valence-corrected chi connectivity index (χ0v) is 11.8. The van der Waals surface area contributed by atoms with E-state index in [0.29, 0.717) is 16.3 Å². The molecular formula is C14H15ClO5. The Morgan fingerprint density at radius 1 is 1.55 bits per heavy atom. The summed E-state index contributed by atoms with van der Waals surface area (Å²) < 4.78 is 10.4. The number of Topliss-reactive ketones (excluding diaryl/α,β-unsaturated/α-hetero) is 1. The van der Waals surface area contributed by atoms with E-state index in [9.17, 15) is 14.7 Å². The molecule has 5 nitrogen and oxygen atoms in total. The Balaban J connectivity index is 2.40. The Bertz CT molecular complexity index is 542. The van der Waals surface area contributed by atoms with Crippen molar-refractivity contribution in [3.05, 3.63) is 28.8 Å². The number of aliphatic carboxylic acids is 1. The van der Waals surface area contributed by atoms with Gasteiger partial charge in [-0.25, -0.2) is 0 Å². The predicted octanol–water partition coefficient (Wildman–Crippen LogP) is 1.95. The van der Waals surface area contributed by atoms with Crippen LogP contribution in [0.15, 0.2) is 18.2 Å². The van der Waals surface area contributed by atoms with Gasteiger partial charge in [0.15, 0.2) is 11.2 Å². The SMILES string of the molecule is COc1ccc(Cl)cc1CC1(C(=O)O)COCCC1=O. The fourth-order valence-electron chi connectivity index (χ4n) is 2.35. The molecule has 1 unspecified atom stereocenters. The second-order valence-corrected chi connectivity index (χ2v) is 5.18. The highest BCUT2D eigenvalue weighted by Gasteiger charge is 2.48. The van der Waals surface area contributed by atoms with Crippen LogP contribution in [0.1, 0.15) is 12.0 Å². The van der Waals surface area contributed by atoms with Crippen LogP contribution in [0.3, 0.4) is 0 Å². The zero-order valence-electron chi connectivity index (χ0n) is 11.0. The summed E-state index contributed by atoms with van der Waals surface area (Å²) in [5.74, 6) is -0.990. The highest BCUT2D eigenvalue weighted by atomic mass is 35.5. The van der Waals surface area contributed by atoms with E-state index in [1.807, 2.05) is 0 Å². The third-order valence-electron chi connectivity index (χ3n) is 3.50. The van der Waals surface area contributed by atoms with E-state index >= 15 is 0 Å². The first-order valence-electron chi connectivity index (χ1n) is 6.16. The highest BCUT2D eigenvalue weighted by molar-refractivity contribution is 6.30. The summed E-state index contributed by atoms with van der Waals surface area (Å²) in [5, 5.41) is 9.94. The van der Waals surface area contributed by atoms with Gasteiger partial charge in [-0.05, 0) is 23.8 Å². The van der Waals surface area contributed by atoms with Crippen LogP contribution in [0, 0.1) is 5.41 Å². The summed E-state index contributed by atoms with van der Waals surface area (Å²) in [7, 11) is 1.49. The van der Waals surface area contributed by atoms with E-state index in [-0.39, 0.29) is 31.8 Å². The minimum atomic E-state index is -1.56. The number of ether oxygens (including phenoxy) is 2. The minimum absolute atomic E-state index is 0.00486. The van der Waals surface area contributed by atoms with Crippen LogP contribution in [0.4, 0.5) is 0 Å². The summed E-state index contributed by atoms with van der Waals surface area (Å²) in [6, 6.07) is 4.92. The third kappa shape index (κ3) is 2.64. The molecule has 108 valence electrons. The van der Waals surface area contributed by atoms with Gasteiger partial charge in [-0.15, -0.1) is 0 Å². The van der Waals surface area contributed by atoms with E-state index in [2.05, 4.69) is 0 Å². The highest BCUT2D eigenvalue weighted by Crippen LogP contribution is 2.34. The standard InChI is InChI=1S/C14H15ClO5/c1-19-11-3-2-10(15)6-9(11)7-14(13(17)18)8-20-5-4-12(14)16/h2-3,6H,4-5,7-8H2,1H3,(H,17,18). The number of carboxylic acid groups (broad SMARTS) is 1. The topological polar surface area (TPSA) is 72.8 Å². The van der Waals surface area contributed by atoms with Gasteiger partial charge in [0.25, 0.3) is 0 Å². The lowest BCUT2D eigenvalue weighted by Crippen LogP contribution is -2.48. The molecule has 0 radical (unpaired) electrons. The molecule has 1 aliphatic heterocycles. The van der Waals surface area contributed by atoms with E-state index in [1.54, 1.807) is 18.2 Å². The van der Waals surface area contributed by atoms with Crippen molar-refractivity contribution >= 4 is 23.4 Å². The van der Waals surface area contributed by atoms with Crippen LogP contribution in [-0.4, -0.2) is 37.2 Å². The van der Waals surface area contributed by atoms with Crippen molar-refractivity contribution in [1.29, 1.82) is 0 Å². The van der Waals surface area contributed by atoms with E-state index < -0.39 is 11.4 Å². The molecule has 1 saturated heterocycles. The summed E-state index contributed by atoms with van der Waals surface area (Å²) in [4.78, 5) is 23.7. The van der Waals surface area contributed by atoms with Gasteiger partial charge in [-0.2, -0.15) is 0 Å². The molecule has 0 saturated carbocycles. The van der Waals surface area contributed by atoms with Gasteiger partial charge in [0.05, 0.1) is 20.3 Å². The molecule has 0 aromatic heterocycles. The van der Waals surface area contributed by atoms with Crippen LogP contribution in [0.25, 0.3) is 0 Å². The Morgan fingerprint density at radius 3 is 2.90 bits per heavy atom. The molecule has 1 aliphatic rings. The van der Waals surface area contributed by atoms with Crippen LogP contribution in [0.5, 0.6) is 5.75 Å². The third-order valence-corrected chi connectivity index (χ3v) is 3.73. The number of ketones is 1. The summed E-state index contributed by atoms with van der Waals surface area (Å²) in [5.41, 5.74) is -0.975. The lowest BCUT2D eigenvalue weighted by atomic mass is 9.76. The van der Waals surface area contributed by atoms with Gasteiger partial charge in [0.2, 0.25) is 0 Å². The smallest absolute Gasteiger partial charge is 0.319 e. The Morgan fingerprint density at radius 2 is 2.30 bits per heavy atom. The molecule has 6 heteroatoms. The maximum Gasteiger partial charge on any atom is 0.319 e. The molecule has 1 fully saturated rings. The van der Waals surface area contributed by atoms with Gasteiger partial charge in [-0.1, -0.05) is 11.6 Å². The quantitative estimate of drug-likeness (QED) is 0.860. The number of carboxylic acids is 1.